The molecule has 1 N–H and O–H groups in total. The highest BCUT2D eigenvalue weighted by atomic mass is 32.2. The highest BCUT2D eigenvalue weighted by Crippen LogP contribution is 2.22. The van der Waals surface area contributed by atoms with Crippen molar-refractivity contribution in [3.8, 4) is 0 Å². The summed E-state index contributed by atoms with van der Waals surface area (Å²) < 4.78 is 26.8. The van der Waals surface area contributed by atoms with Crippen LogP contribution >= 0.6 is 0 Å². The molecule has 0 bridgehead atoms. The lowest BCUT2D eigenvalue weighted by molar-refractivity contribution is 0.154. The molecular weight excluding hydrogens is 264 g/mol. The Morgan fingerprint density at radius 2 is 1.74 bits per heavy atom. The Balaban J connectivity index is 2.19. The number of nitrogens with zero attached hydrogens (tertiary/aromatic N) is 3. The van der Waals surface area contributed by atoms with Gasteiger partial charge in [0.05, 0.1) is 11.4 Å². The molecule has 1 aromatic heterocycles. The van der Waals surface area contributed by atoms with Crippen molar-refractivity contribution in [1.82, 2.24) is 19.4 Å². The minimum atomic E-state index is -3.42. The van der Waals surface area contributed by atoms with Gasteiger partial charge in [0.25, 0.3) is 0 Å². The van der Waals surface area contributed by atoms with Crippen molar-refractivity contribution in [2.75, 3.05) is 26.2 Å². The molecule has 7 heteroatoms. The zero-order chi connectivity index (χ0) is 14.2. The molecule has 108 valence electrons. The molecule has 19 heavy (non-hydrogen) atoms. The Morgan fingerprint density at radius 3 is 2.16 bits per heavy atom. The second-order valence-corrected chi connectivity index (χ2v) is 7.17. The standard InChI is InChI=1S/C12H22N4O2S/c1-9(2)15-5-7-16(8-6-15)19(17,18)12-10(3)13-14-11(12)4/h9H,5-8H2,1-4H3,(H,13,14). The van der Waals surface area contributed by atoms with Crippen LogP contribution in [0.3, 0.4) is 0 Å². The van der Waals surface area contributed by atoms with Crippen molar-refractivity contribution < 1.29 is 8.42 Å². The third-order valence-corrected chi connectivity index (χ3v) is 5.82. The van der Waals surface area contributed by atoms with Crippen molar-refractivity contribution >= 4 is 10.0 Å². The van der Waals surface area contributed by atoms with Crippen molar-refractivity contribution in [2.24, 2.45) is 0 Å². The summed E-state index contributed by atoms with van der Waals surface area (Å²) in [5, 5.41) is 6.72. The van der Waals surface area contributed by atoms with E-state index >= 15 is 0 Å². The number of aryl methyl sites for hydroxylation is 2. The molecule has 1 aromatic rings. The lowest BCUT2D eigenvalue weighted by atomic mass is 10.3. The van der Waals surface area contributed by atoms with E-state index in [1.54, 1.807) is 18.2 Å². The molecule has 0 radical (unpaired) electrons. The minimum absolute atomic E-state index is 0.338. The Labute approximate surface area is 114 Å². The predicted molar refractivity (Wildman–Crippen MR) is 73.5 cm³/mol. The molecule has 1 aliphatic rings. The van der Waals surface area contributed by atoms with Gasteiger partial charge in [-0.3, -0.25) is 10.00 Å². The molecule has 0 atom stereocenters. The third-order valence-electron chi connectivity index (χ3n) is 3.66. The summed E-state index contributed by atoms with van der Waals surface area (Å²) in [4.78, 5) is 2.63. The number of H-pyrrole nitrogens is 1. The molecule has 0 aliphatic carbocycles. The smallest absolute Gasteiger partial charge is 0.246 e. The number of rotatable bonds is 3. The van der Waals surface area contributed by atoms with Crippen LogP contribution in [0, 0.1) is 13.8 Å². The normalized spacial score (nSPS) is 19.2. The first-order chi connectivity index (χ1) is 8.84. The Kier molecular flexibility index (Phi) is 3.98. The van der Waals surface area contributed by atoms with Gasteiger partial charge in [-0.15, -0.1) is 0 Å². The van der Waals surface area contributed by atoms with Crippen molar-refractivity contribution in [3.05, 3.63) is 11.4 Å². The zero-order valence-electron chi connectivity index (χ0n) is 12.0. The van der Waals surface area contributed by atoms with Gasteiger partial charge >= 0.3 is 0 Å². The van der Waals surface area contributed by atoms with E-state index in [2.05, 4.69) is 28.9 Å². The fourth-order valence-corrected chi connectivity index (χ4v) is 4.26. The van der Waals surface area contributed by atoms with Gasteiger partial charge in [0.15, 0.2) is 0 Å². The van der Waals surface area contributed by atoms with Crippen LogP contribution in [0.2, 0.25) is 0 Å². The average molecular weight is 286 g/mol. The first kappa shape index (κ1) is 14.5. The fourth-order valence-electron chi connectivity index (χ4n) is 2.51. The molecule has 1 aliphatic heterocycles. The maximum Gasteiger partial charge on any atom is 0.246 e. The maximum atomic E-state index is 12.6. The van der Waals surface area contributed by atoms with E-state index in [0.717, 1.165) is 13.1 Å². The van der Waals surface area contributed by atoms with Crippen LogP contribution in [0.1, 0.15) is 25.2 Å². The van der Waals surface area contributed by atoms with Crippen molar-refractivity contribution in [2.45, 2.75) is 38.6 Å². The minimum Gasteiger partial charge on any atom is -0.298 e. The van der Waals surface area contributed by atoms with Gasteiger partial charge < -0.3 is 0 Å². The van der Waals surface area contributed by atoms with Gasteiger partial charge in [0, 0.05) is 32.2 Å². The number of nitrogens with one attached hydrogen (secondary N) is 1. The van der Waals surface area contributed by atoms with Gasteiger partial charge in [0.2, 0.25) is 10.0 Å². The molecular formula is C12H22N4O2S. The predicted octanol–water partition coefficient (Wildman–Crippen LogP) is 0.741. The van der Waals surface area contributed by atoms with Gasteiger partial charge in [-0.2, -0.15) is 9.40 Å². The van der Waals surface area contributed by atoms with Crippen LogP contribution in [0.25, 0.3) is 0 Å². The van der Waals surface area contributed by atoms with E-state index in [0.29, 0.717) is 35.4 Å². The first-order valence-corrected chi connectivity index (χ1v) is 8.04. The second kappa shape index (κ2) is 5.22. The molecule has 2 rings (SSSR count). The summed E-state index contributed by atoms with van der Waals surface area (Å²) in [5.74, 6) is 0. The van der Waals surface area contributed by atoms with Crippen molar-refractivity contribution in [1.29, 1.82) is 0 Å². The summed E-state index contributed by atoms with van der Waals surface area (Å²) in [6, 6.07) is 0.460. The Morgan fingerprint density at radius 1 is 1.16 bits per heavy atom. The highest BCUT2D eigenvalue weighted by molar-refractivity contribution is 7.89. The summed E-state index contributed by atoms with van der Waals surface area (Å²) in [7, 11) is -3.42. The molecule has 0 aromatic carbocycles. The van der Waals surface area contributed by atoms with E-state index in [-0.39, 0.29) is 0 Å². The Hall–Kier alpha value is -0.920. The molecule has 1 saturated heterocycles. The van der Waals surface area contributed by atoms with E-state index in [1.165, 1.54) is 0 Å². The number of aromatic amines is 1. The zero-order valence-corrected chi connectivity index (χ0v) is 12.8. The molecule has 0 unspecified atom stereocenters. The number of piperazine rings is 1. The number of aromatic nitrogens is 2. The van der Waals surface area contributed by atoms with Gasteiger partial charge in [-0.05, 0) is 27.7 Å². The monoisotopic (exact) mass is 286 g/mol. The third kappa shape index (κ3) is 2.68. The topological polar surface area (TPSA) is 69.3 Å². The summed E-state index contributed by atoms with van der Waals surface area (Å²) in [6.45, 7) is 10.4. The average Bonchev–Trinajstić information content (AvgIpc) is 2.69. The largest absolute Gasteiger partial charge is 0.298 e. The van der Waals surface area contributed by atoms with Crippen LogP contribution in [0.15, 0.2) is 4.90 Å². The van der Waals surface area contributed by atoms with Crippen LogP contribution < -0.4 is 0 Å². The quantitative estimate of drug-likeness (QED) is 0.890. The van der Waals surface area contributed by atoms with Crippen molar-refractivity contribution in [3.63, 3.8) is 0 Å². The van der Waals surface area contributed by atoms with E-state index in [9.17, 15) is 8.42 Å². The van der Waals surface area contributed by atoms with E-state index < -0.39 is 10.0 Å². The summed E-state index contributed by atoms with van der Waals surface area (Å²) in [5.41, 5.74) is 1.16. The lowest BCUT2D eigenvalue weighted by Crippen LogP contribution is -2.50. The van der Waals surface area contributed by atoms with E-state index in [4.69, 9.17) is 0 Å². The molecule has 2 heterocycles. The van der Waals surface area contributed by atoms with Crippen LogP contribution in [0.4, 0.5) is 0 Å². The maximum absolute atomic E-state index is 12.6. The van der Waals surface area contributed by atoms with Crippen LogP contribution in [0.5, 0.6) is 0 Å². The lowest BCUT2D eigenvalue weighted by Gasteiger charge is -2.36. The molecule has 6 nitrogen and oxygen atoms in total. The molecule has 0 spiro atoms. The van der Waals surface area contributed by atoms with Gasteiger partial charge in [-0.1, -0.05) is 0 Å². The second-order valence-electron chi connectivity index (χ2n) is 5.30. The van der Waals surface area contributed by atoms with Crippen LogP contribution in [-0.2, 0) is 10.0 Å². The van der Waals surface area contributed by atoms with E-state index in [1.807, 2.05) is 0 Å². The number of hydrogen-bond acceptors (Lipinski definition) is 4. The number of sulfonamides is 1. The Bertz CT molecular complexity index is 523. The molecule has 0 amide bonds. The molecule has 1 fully saturated rings. The van der Waals surface area contributed by atoms with Crippen LogP contribution in [-0.4, -0.2) is 60.0 Å². The van der Waals surface area contributed by atoms with Gasteiger partial charge in [0.1, 0.15) is 4.90 Å². The highest BCUT2D eigenvalue weighted by Gasteiger charge is 2.32. The SMILES string of the molecule is Cc1n[nH]c(C)c1S(=O)(=O)N1CCN(C(C)C)CC1. The number of hydrogen-bond donors (Lipinski definition) is 1. The summed E-state index contributed by atoms with van der Waals surface area (Å²) >= 11 is 0. The first-order valence-electron chi connectivity index (χ1n) is 6.60. The van der Waals surface area contributed by atoms with Gasteiger partial charge in [-0.25, -0.2) is 8.42 Å². The summed E-state index contributed by atoms with van der Waals surface area (Å²) in [6.07, 6.45) is 0. The fraction of sp³-hybridized carbons (Fsp3) is 0.750. The molecule has 0 saturated carbocycles.